The van der Waals surface area contributed by atoms with Crippen molar-refractivity contribution in [2.75, 3.05) is 19.6 Å². The predicted octanol–water partition coefficient (Wildman–Crippen LogP) is 6.13. The van der Waals surface area contributed by atoms with Crippen LogP contribution in [0.15, 0.2) is 0 Å². The van der Waals surface area contributed by atoms with E-state index in [9.17, 15) is 0 Å². The fourth-order valence-corrected chi connectivity index (χ4v) is 2.72. The van der Waals surface area contributed by atoms with Gasteiger partial charge in [0.25, 0.3) is 0 Å². The lowest BCUT2D eigenvalue weighted by atomic mass is 10.1. The van der Waals surface area contributed by atoms with E-state index in [1.54, 1.807) is 0 Å². The highest BCUT2D eigenvalue weighted by Crippen LogP contribution is 2.10. The third-order valence-corrected chi connectivity index (χ3v) is 4.09. The van der Waals surface area contributed by atoms with E-state index in [4.69, 9.17) is 0 Å². The second kappa shape index (κ2) is 13.9. The first-order chi connectivity index (χ1) is 9.56. The second-order valence-corrected chi connectivity index (χ2v) is 7.33. The molecule has 1 nitrogen and oxygen atoms in total. The molecule has 0 amide bonds. The van der Waals surface area contributed by atoms with Crippen molar-refractivity contribution in [3.8, 4) is 0 Å². The molecule has 0 rings (SSSR count). The van der Waals surface area contributed by atoms with Gasteiger partial charge in [-0.3, -0.25) is 0 Å². The molecule has 1 heteroatoms. The highest BCUT2D eigenvalue weighted by molar-refractivity contribution is 4.61. The Morgan fingerprint density at radius 1 is 0.600 bits per heavy atom. The number of unbranched alkanes of at least 4 members (excludes halogenated alkanes) is 4. The molecule has 0 heterocycles. The molecule has 0 unspecified atom stereocenters. The lowest BCUT2D eigenvalue weighted by Gasteiger charge is -2.23. The average molecular weight is 284 g/mol. The third kappa shape index (κ3) is 14.4. The van der Waals surface area contributed by atoms with Gasteiger partial charge >= 0.3 is 0 Å². The Bertz CT molecular complexity index is 172. The molecule has 0 aliphatic rings. The third-order valence-electron chi connectivity index (χ3n) is 4.09. The zero-order valence-corrected chi connectivity index (χ0v) is 15.1. The normalized spacial score (nSPS) is 12.0. The summed E-state index contributed by atoms with van der Waals surface area (Å²) in [7, 11) is 0. The van der Waals surface area contributed by atoms with Crippen LogP contribution in [-0.4, -0.2) is 24.5 Å². The van der Waals surface area contributed by atoms with Gasteiger partial charge in [0, 0.05) is 0 Å². The number of hydrogen-bond donors (Lipinski definition) is 0. The lowest BCUT2D eigenvalue weighted by Crippen LogP contribution is -2.27. The summed E-state index contributed by atoms with van der Waals surface area (Å²) in [5.41, 5.74) is 0. The first-order valence-electron chi connectivity index (χ1n) is 9.28. The molecule has 0 atom stereocenters. The van der Waals surface area contributed by atoms with Crippen molar-refractivity contribution in [2.45, 2.75) is 92.4 Å². The number of hydrogen-bond acceptors (Lipinski definition) is 1. The summed E-state index contributed by atoms with van der Waals surface area (Å²) in [5.74, 6) is 1.72. The largest absolute Gasteiger partial charge is 0.303 e. The molecule has 0 aromatic rings. The number of rotatable bonds is 14. The fourth-order valence-electron chi connectivity index (χ4n) is 2.72. The molecular formula is C19H41N. The Balaban J connectivity index is 3.79. The maximum absolute atomic E-state index is 2.73. The van der Waals surface area contributed by atoms with Crippen molar-refractivity contribution < 1.29 is 0 Å². The minimum Gasteiger partial charge on any atom is -0.303 e. The van der Waals surface area contributed by atoms with E-state index in [0.717, 1.165) is 11.8 Å². The first kappa shape index (κ1) is 20.0. The zero-order valence-electron chi connectivity index (χ0n) is 15.1. The molecule has 0 radical (unpaired) electrons. The Morgan fingerprint density at radius 2 is 1.05 bits per heavy atom. The summed E-state index contributed by atoms with van der Waals surface area (Å²) in [6.45, 7) is 15.6. The predicted molar refractivity (Wildman–Crippen MR) is 93.3 cm³/mol. The van der Waals surface area contributed by atoms with Crippen LogP contribution in [-0.2, 0) is 0 Å². The van der Waals surface area contributed by atoms with Crippen molar-refractivity contribution in [2.24, 2.45) is 11.8 Å². The topological polar surface area (TPSA) is 3.24 Å². The fraction of sp³-hybridized carbons (Fsp3) is 1.00. The van der Waals surface area contributed by atoms with Crippen LogP contribution in [0.5, 0.6) is 0 Å². The molecule has 0 aromatic heterocycles. The Morgan fingerprint density at radius 3 is 1.50 bits per heavy atom. The Hall–Kier alpha value is -0.0400. The standard InChI is InChI=1S/C19H41N/c1-6-7-8-9-10-15-20(16-11-13-18(2)3)17-12-14-19(4)5/h18-19H,6-17H2,1-5H3. The highest BCUT2D eigenvalue weighted by Gasteiger charge is 2.06. The molecule has 0 aliphatic heterocycles. The summed E-state index contributed by atoms with van der Waals surface area (Å²) in [4.78, 5) is 2.73. The average Bonchev–Trinajstić information content (AvgIpc) is 2.37. The maximum atomic E-state index is 2.73. The van der Waals surface area contributed by atoms with Crippen LogP contribution in [0.3, 0.4) is 0 Å². The molecule has 0 aromatic carbocycles. The van der Waals surface area contributed by atoms with Crippen molar-refractivity contribution in [1.82, 2.24) is 4.90 Å². The van der Waals surface area contributed by atoms with Crippen molar-refractivity contribution >= 4 is 0 Å². The summed E-state index contributed by atoms with van der Waals surface area (Å²) in [6.07, 6.45) is 12.6. The van der Waals surface area contributed by atoms with Gasteiger partial charge in [0.15, 0.2) is 0 Å². The molecule has 0 aliphatic carbocycles. The van der Waals surface area contributed by atoms with Gasteiger partial charge in [-0.05, 0) is 63.6 Å². The summed E-state index contributed by atoms with van der Waals surface area (Å²) < 4.78 is 0. The van der Waals surface area contributed by atoms with Gasteiger partial charge in [0.2, 0.25) is 0 Å². The van der Waals surface area contributed by atoms with Gasteiger partial charge in [-0.2, -0.15) is 0 Å². The van der Waals surface area contributed by atoms with Crippen molar-refractivity contribution in [3.05, 3.63) is 0 Å². The monoisotopic (exact) mass is 283 g/mol. The van der Waals surface area contributed by atoms with E-state index in [0.29, 0.717) is 0 Å². The van der Waals surface area contributed by atoms with Gasteiger partial charge in [-0.1, -0.05) is 60.3 Å². The Labute approximate surface area is 129 Å². The van der Waals surface area contributed by atoms with Gasteiger partial charge in [0.05, 0.1) is 0 Å². The molecule has 122 valence electrons. The van der Waals surface area contributed by atoms with Crippen LogP contribution >= 0.6 is 0 Å². The van der Waals surface area contributed by atoms with E-state index in [2.05, 4.69) is 39.5 Å². The second-order valence-electron chi connectivity index (χ2n) is 7.33. The Kier molecular flexibility index (Phi) is 13.9. The molecule has 0 bridgehead atoms. The lowest BCUT2D eigenvalue weighted by molar-refractivity contribution is 0.248. The van der Waals surface area contributed by atoms with Crippen LogP contribution in [0.4, 0.5) is 0 Å². The molecule has 0 N–H and O–H groups in total. The summed E-state index contributed by atoms with van der Waals surface area (Å²) >= 11 is 0. The van der Waals surface area contributed by atoms with E-state index in [1.807, 2.05) is 0 Å². The maximum Gasteiger partial charge on any atom is -0.00186 e. The highest BCUT2D eigenvalue weighted by atomic mass is 15.1. The zero-order chi connectivity index (χ0) is 15.2. The van der Waals surface area contributed by atoms with Gasteiger partial charge < -0.3 is 4.90 Å². The minimum absolute atomic E-state index is 0.858. The summed E-state index contributed by atoms with van der Waals surface area (Å²) in [5, 5.41) is 0. The van der Waals surface area contributed by atoms with Crippen LogP contribution < -0.4 is 0 Å². The van der Waals surface area contributed by atoms with Crippen LogP contribution in [0.2, 0.25) is 0 Å². The van der Waals surface area contributed by atoms with E-state index < -0.39 is 0 Å². The quantitative estimate of drug-likeness (QED) is 0.346. The van der Waals surface area contributed by atoms with Crippen LogP contribution in [0.1, 0.15) is 92.4 Å². The van der Waals surface area contributed by atoms with E-state index >= 15 is 0 Å². The first-order valence-corrected chi connectivity index (χ1v) is 9.28. The van der Waals surface area contributed by atoms with Gasteiger partial charge in [-0.15, -0.1) is 0 Å². The van der Waals surface area contributed by atoms with Gasteiger partial charge in [-0.25, -0.2) is 0 Å². The van der Waals surface area contributed by atoms with Crippen LogP contribution in [0.25, 0.3) is 0 Å². The molecule has 0 spiro atoms. The molecule has 0 fully saturated rings. The molecular weight excluding hydrogens is 242 g/mol. The molecule has 0 saturated carbocycles. The van der Waals surface area contributed by atoms with E-state index in [-0.39, 0.29) is 0 Å². The molecule has 0 saturated heterocycles. The van der Waals surface area contributed by atoms with Gasteiger partial charge in [0.1, 0.15) is 0 Å². The van der Waals surface area contributed by atoms with Crippen LogP contribution in [0, 0.1) is 11.8 Å². The molecule has 20 heavy (non-hydrogen) atoms. The van der Waals surface area contributed by atoms with Crippen molar-refractivity contribution in [3.63, 3.8) is 0 Å². The van der Waals surface area contributed by atoms with Crippen molar-refractivity contribution in [1.29, 1.82) is 0 Å². The van der Waals surface area contributed by atoms with E-state index in [1.165, 1.54) is 77.4 Å². The minimum atomic E-state index is 0.858. The smallest absolute Gasteiger partial charge is 0.00186 e. The SMILES string of the molecule is CCCCCCCN(CCCC(C)C)CCCC(C)C. The number of nitrogens with zero attached hydrogens (tertiary/aromatic N) is 1. The summed E-state index contributed by atoms with van der Waals surface area (Å²) in [6, 6.07) is 0.